The summed E-state index contributed by atoms with van der Waals surface area (Å²) >= 11 is 5.73. The largest absolute Gasteiger partial charge is 0.337 e. The Hall–Kier alpha value is -1.26. The predicted octanol–water partition coefficient (Wildman–Crippen LogP) is 3.67. The van der Waals surface area contributed by atoms with Crippen molar-refractivity contribution in [1.82, 2.24) is 4.90 Å². The second kappa shape index (κ2) is 5.39. The lowest BCUT2D eigenvalue weighted by molar-refractivity contribution is 0.0795. The Bertz CT molecular complexity index is 579. The van der Waals surface area contributed by atoms with Crippen LogP contribution in [0.4, 0.5) is 0 Å². The van der Waals surface area contributed by atoms with Crippen molar-refractivity contribution in [3.63, 3.8) is 0 Å². The van der Waals surface area contributed by atoms with E-state index in [1.165, 1.54) is 16.9 Å². The van der Waals surface area contributed by atoms with Crippen molar-refractivity contribution in [3.05, 3.63) is 52.2 Å². The minimum absolute atomic E-state index is 0.142. The zero-order valence-electron chi connectivity index (χ0n) is 10.5. The minimum atomic E-state index is 0.142. The third-order valence-corrected chi connectivity index (χ3v) is 4.89. The van der Waals surface area contributed by atoms with Crippen molar-refractivity contribution in [2.24, 2.45) is 0 Å². The first-order chi connectivity index (χ1) is 9.24. The summed E-state index contributed by atoms with van der Waals surface area (Å²) in [5, 5.41) is 1.90. The number of hydrogen-bond acceptors (Lipinski definition) is 3. The fraction of sp³-hybridized carbons (Fsp3) is 0.267. The molecule has 98 valence electrons. The zero-order valence-corrected chi connectivity index (χ0v) is 12.2. The van der Waals surface area contributed by atoms with E-state index >= 15 is 0 Å². The third kappa shape index (κ3) is 2.69. The summed E-state index contributed by atoms with van der Waals surface area (Å²) in [5.74, 6) is 0.615. The Balaban J connectivity index is 1.71. The summed E-state index contributed by atoms with van der Waals surface area (Å²) in [5.41, 5.74) is 1.33. The lowest BCUT2D eigenvalue weighted by Gasteiger charge is -2.15. The van der Waals surface area contributed by atoms with E-state index in [4.69, 9.17) is 0 Å². The first-order valence-corrected chi connectivity index (χ1v) is 7.68. The molecular weight excluding hydrogens is 274 g/mol. The number of amides is 1. The van der Waals surface area contributed by atoms with Crippen LogP contribution in [-0.2, 0) is 0 Å². The lowest BCUT2D eigenvalue weighted by Crippen LogP contribution is -2.27. The molecule has 0 spiro atoms. The van der Waals surface area contributed by atoms with Crippen LogP contribution in [0.1, 0.15) is 27.6 Å². The first-order valence-electron chi connectivity index (χ1n) is 6.36. The van der Waals surface area contributed by atoms with Crippen LogP contribution < -0.4 is 0 Å². The van der Waals surface area contributed by atoms with Crippen molar-refractivity contribution in [3.8, 4) is 0 Å². The number of benzene rings is 1. The van der Waals surface area contributed by atoms with Gasteiger partial charge in [-0.1, -0.05) is 30.3 Å². The summed E-state index contributed by atoms with van der Waals surface area (Å²) in [7, 11) is 0. The number of thiol groups is 1. The molecule has 2 nitrogen and oxygen atoms in total. The van der Waals surface area contributed by atoms with Gasteiger partial charge in [-0.05, 0) is 18.1 Å². The Kier molecular flexibility index (Phi) is 3.62. The van der Waals surface area contributed by atoms with Crippen molar-refractivity contribution >= 4 is 29.9 Å². The average molecular weight is 289 g/mol. The molecule has 0 saturated carbocycles. The summed E-state index contributed by atoms with van der Waals surface area (Å²) in [4.78, 5) is 16.0. The van der Waals surface area contributed by atoms with Gasteiger partial charge < -0.3 is 4.90 Å². The van der Waals surface area contributed by atoms with Gasteiger partial charge in [0, 0.05) is 29.3 Å². The number of thiophene rings is 1. The number of likely N-dealkylation sites (tertiary alicyclic amines) is 1. The standard InChI is InChI=1S/C15H15NOS2/c17-15(14-8-13(18)10-19-14)16-7-6-12(9-16)11-4-2-1-3-5-11/h1-5,8,10,12,18H,6-7,9H2. The maximum Gasteiger partial charge on any atom is 0.263 e. The fourth-order valence-corrected chi connectivity index (χ4v) is 3.65. The fourth-order valence-electron chi connectivity index (χ4n) is 2.54. The molecule has 0 aliphatic carbocycles. The van der Waals surface area contributed by atoms with E-state index < -0.39 is 0 Å². The molecule has 1 fully saturated rings. The topological polar surface area (TPSA) is 20.3 Å². The first kappa shape index (κ1) is 12.8. The predicted molar refractivity (Wildman–Crippen MR) is 81.3 cm³/mol. The lowest BCUT2D eigenvalue weighted by atomic mass is 9.99. The van der Waals surface area contributed by atoms with E-state index in [0.717, 1.165) is 29.3 Å². The number of nitrogens with zero attached hydrogens (tertiary/aromatic N) is 1. The van der Waals surface area contributed by atoms with Crippen molar-refractivity contribution in [1.29, 1.82) is 0 Å². The van der Waals surface area contributed by atoms with Crippen LogP contribution in [0.15, 0.2) is 46.7 Å². The molecule has 2 heterocycles. The summed E-state index contributed by atoms with van der Waals surface area (Å²) in [6.45, 7) is 1.67. The van der Waals surface area contributed by atoms with Gasteiger partial charge in [0.2, 0.25) is 0 Å². The van der Waals surface area contributed by atoms with Crippen molar-refractivity contribution in [2.45, 2.75) is 17.2 Å². The van der Waals surface area contributed by atoms with Crippen molar-refractivity contribution < 1.29 is 4.79 Å². The molecule has 1 unspecified atom stereocenters. The highest BCUT2D eigenvalue weighted by Crippen LogP contribution is 2.29. The van der Waals surface area contributed by atoms with Gasteiger partial charge in [0.05, 0.1) is 4.88 Å². The molecule has 1 aromatic heterocycles. The highest BCUT2D eigenvalue weighted by Gasteiger charge is 2.28. The molecule has 1 saturated heterocycles. The smallest absolute Gasteiger partial charge is 0.263 e. The van der Waals surface area contributed by atoms with Crippen molar-refractivity contribution in [2.75, 3.05) is 13.1 Å². The normalized spacial score (nSPS) is 18.8. The molecule has 1 atom stereocenters. The monoisotopic (exact) mass is 289 g/mol. The molecular formula is C15H15NOS2. The van der Waals surface area contributed by atoms with Gasteiger partial charge in [-0.15, -0.1) is 24.0 Å². The summed E-state index contributed by atoms with van der Waals surface area (Å²) < 4.78 is 0. The van der Waals surface area contributed by atoms with E-state index in [2.05, 4.69) is 36.9 Å². The minimum Gasteiger partial charge on any atom is -0.337 e. The maximum absolute atomic E-state index is 12.3. The second-order valence-electron chi connectivity index (χ2n) is 4.82. The molecule has 1 aliphatic heterocycles. The molecule has 19 heavy (non-hydrogen) atoms. The highest BCUT2D eigenvalue weighted by molar-refractivity contribution is 7.80. The van der Waals surface area contributed by atoms with Crippen LogP contribution in [0.25, 0.3) is 0 Å². The van der Waals surface area contributed by atoms with Crippen LogP contribution in [-0.4, -0.2) is 23.9 Å². The highest BCUT2D eigenvalue weighted by atomic mass is 32.1. The summed E-state index contributed by atoms with van der Waals surface area (Å²) in [6, 6.07) is 12.3. The number of rotatable bonds is 2. The Morgan fingerprint density at radius 3 is 2.79 bits per heavy atom. The number of hydrogen-bond donors (Lipinski definition) is 1. The number of carbonyl (C=O) groups is 1. The van der Waals surface area contributed by atoms with E-state index in [-0.39, 0.29) is 5.91 Å². The quantitative estimate of drug-likeness (QED) is 0.837. The Morgan fingerprint density at radius 2 is 2.11 bits per heavy atom. The van der Waals surface area contributed by atoms with Crippen LogP contribution in [0, 0.1) is 0 Å². The second-order valence-corrected chi connectivity index (χ2v) is 6.24. The molecule has 0 N–H and O–H groups in total. The molecule has 1 amide bonds. The average Bonchev–Trinajstić information content (AvgIpc) is 3.08. The van der Waals surface area contributed by atoms with Gasteiger partial charge in [-0.25, -0.2) is 0 Å². The van der Waals surface area contributed by atoms with E-state index in [9.17, 15) is 4.79 Å². The van der Waals surface area contributed by atoms with Crippen LogP contribution >= 0.6 is 24.0 Å². The molecule has 1 aliphatic rings. The van der Waals surface area contributed by atoms with Crippen LogP contribution in [0.2, 0.25) is 0 Å². The maximum atomic E-state index is 12.3. The van der Waals surface area contributed by atoms with E-state index in [1.807, 2.05) is 22.4 Å². The van der Waals surface area contributed by atoms with Gasteiger partial charge in [-0.3, -0.25) is 4.79 Å². The van der Waals surface area contributed by atoms with Gasteiger partial charge in [-0.2, -0.15) is 0 Å². The molecule has 2 aromatic rings. The molecule has 1 aromatic carbocycles. The SMILES string of the molecule is O=C(c1cc(S)cs1)N1CCC(c2ccccc2)C1. The van der Waals surface area contributed by atoms with Gasteiger partial charge >= 0.3 is 0 Å². The van der Waals surface area contributed by atoms with E-state index in [1.54, 1.807) is 0 Å². The molecule has 0 bridgehead atoms. The molecule has 4 heteroatoms. The molecule has 3 rings (SSSR count). The Labute approximate surface area is 122 Å². The number of carbonyl (C=O) groups excluding carboxylic acids is 1. The van der Waals surface area contributed by atoms with Crippen LogP contribution in [0.5, 0.6) is 0 Å². The van der Waals surface area contributed by atoms with Gasteiger partial charge in [0.15, 0.2) is 0 Å². The van der Waals surface area contributed by atoms with Crippen LogP contribution in [0.3, 0.4) is 0 Å². The van der Waals surface area contributed by atoms with Gasteiger partial charge in [0.1, 0.15) is 0 Å². The summed E-state index contributed by atoms with van der Waals surface area (Å²) in [6.07, 6.45) is 1.05. The van der Waals surface area contributed by atoms with Gasteiger partial charge in [0.25, 0.3) is 5.91 Å². The molecule has 0 radical (unpaired) electrons. The van der Waals surface area contributed by atoms with E-state index in [0.29, 0.717) is 5.92 Å². The Morgan fingerprint density at radius 1 is 1.32 bits per heavy atom. The third-order valence-electron chi connectivity index (χ3n) is 3.54. The zero-order chi connectivity index (χ0) is 13.2.